The van der Waals surface area contributed by atoms with E-state index in [0.29, 0.717) is 0 Å². The van der Waals surface area contributed by atoms with E-state index in [-0.39, 0.29) is 18.8 Å². The van der Waals surface area contributed by atoms with E-state index < -0.39 is 9.84 Å². The maximum Gasteiger partial charge on any atom is 0.189 e. The molecule has 0 unspecified atom stereocenters. The summed E-state index contributed by atoms with van der Waals surface area (Å²) in [5, 5.41) is 0. The van der Waals surface area contributed by atoms with Gasteiger partial charge in [-0.25, -0.2) is 8.42 Å². The first-order valence-corrected chi connectivity index (χ1v) is 5.89. The predicted octanol–water partition coefficient (Wildman–Crippen LogP) is 1.71. The van der Waals surface area contributed by atoms with Crippen molar-refractivity contribution in [1.29, 1.82) is 0 Å². The Morgan fingerprint density at radius 3 is 2.25 bits per heavy atom. The summed E-state index contributed by atoms with van der Waals surface area (Å²) in [5.74, 6) is 0. The molecular formula is C7H7O3PS. The molecule has 12 heavy (non-hydrogen) atoms. The maximum atomic E-state index is 11.2. The van der Waals surface area contributed by atoms with Crippen LogP contribution in [0.25, 0.3) is 0 Å². The first-order chi connectivity index (χ1) is 5.67. The van der Waals surface area contributed by atoms with Crippen molar-refractivity contribution in [2.45, 2.75) is 4.90 Å². The van der Waals surface area contributed by atoms with Crippen molar-refractivity contribution < 1.29 is 13.0 Å². The van der Waals surface area contributed by atoms with E-state index in [4.69, 9.17) is 0 Å². The molecule has 0 radical (unpaired) electrons. The highest BCUT2D eigenvalue weighted by molar-refractivity contribution is 7.95. The summed E-state index contributed by atoms with van der Waals surface area (Å²) >= 11 is 0. The van der Waals surface area contributed by atoms with Crippen LogP contribution in [-0.4, -0.2) is 13.9 Å². The Morgan fingerprint density at radius 2 is 1.75 bits per heavy atom. The lowest BCUT2D eigenvalue weighted by Crippen LogP contribution is -2.00. The van der Waals surface area contributed by atoms with Crippen LogP contribution in [0, 0.1) is 0 Å². The van der Waals surface area contributed by atoms with Crippen molar-refractivity contribution >= 4 is 18.3 Å². The fourth-order valence-corrected chi connectivity index (χ4v) is 2.49. The molecule has 1 aromatic carbocycles. The Bertz CT molecular complexity index is 357. The minimum absolute atomic E-state index is 0.216. The van der Waals surface area contributed by atoms with Gasteiger partial charge >= 0.3 is 0 Å². The van der Waals surface area contributed by atoms with Crippen LogP contribution in [0.5, 0.6) is 0 Å². The molecule has 0 aromatic heterocycles. The maximum absolute atomic E-state index is 11.2. The Morgan fingerprint density at radius 1 is 1.17 bits per heavy atom. The van der Waals surface area contributed by atoms with Gasteiger partial charge in [0.2, 0.25) is 0 Å². The third kappa shape index (κ3) is 2.13. The monoisotopic (exact) mass is 202 g/mol. The third-order valence-electron chi connectivity index (χ3n) is 1.32. The molecule has 0 N–H and O–H groups in total. The van der Waals surface area contributed by atoms with Crippen molar-refractivity contribution in [3.05, 3.63) is 30.3 Å². The van der Waals surface area contributed by atoms with E-state index in [1.165, 1.54) is 12.1 Å². The second-order valence-electron chi connectivity index (χ2n) is 2.19. The van der Waals surface area contributed by atoms with Crippen molar-refractivity contribution in [1.82, 2.24) is 0 Å². The number of sulfone groups is 1. The largest absolute Gasteiger partial charge is 0.274 e. The van der Waals surface area contributed by atoms with Crippen LogP contribution in [0.15, 0.2) is 35.2 Å². The van der Waals surface area contributed by atoms with Gasteiger partial charge in [-0.2, -0.15) is 0 Å². The van der Waals surface area contributed by atoms with Crippen LogP contribution in [0.1, 0.15) is 0 Å². The molecule has 1 rings (SSSR count). The topological polar surface area (TPSA) is 51.2 Å². The Labute approximate surface area is 72.5 Å². The summed E-state index contributed by atoms with van der Waals surface area (Å²) < 4.78 is 32.6. The quantitative estimate of drug-likeness (QED) is 0.701. The van der Waals surface area contributed by atoms with E-state index in [9.17, 15) is 13.0 Å². The number of benzene rings is 1. The molecule has 5 heteroatoms. The Hall–Kier alpha value is -0.730. The summed E-state index contributed by atoms with van der Waals surface area (Å²) in [6.45, 7) is 0. The molecule has 0 saturated heterocycles. The summed E-state index contributed by atoms with van der Waals surface area (Å²) in [4.78, 5) is 0.216. The molecule has 0 aliphatic carbocycles. The van der Waals surface area contributed by atoms with Crippen molar-refractivity contribution in [2.24, 2.45) is 0 Å². The van der Waals surface area contributed by atoms with Gasteiger partial charge in [0.1, 0.15) is 5.49 Å². The van der Waals surface area contributed by atoms with Gasteiger partial charge in [0, 0.05) is 0 Å². The molecule has 0 atom stereocenters. The van der Waals surface area contributed by atoms with Crippen LogP contribution in [0.4, 0.5) is 0 Å². The molecular weight excluding hydrogens is 195 g/mol. The van der Waals surface area contributed by atoms with Gasteiger partial charge in [0.15, 0.2) is 18.3 Å². The van der Waals surface area contributed by atoms with Gasteiger partial charge in [-0.05, 0) is 12.1 Å². The fourth-order valence-electron chi connectivity index (χ4n) is 0.772. The first-order valence-electron chi connectivity index (χ1n) is 3.24. The molecule has 0 spiro atoms. The van der Waals surface area contributed by atoms with Gasteiger partial charge in [-0.15, -0.1) is 0 Å². The lowest BCUT2D eigenvalue weighted by Gasteiger charge is -1.97. The normalized spacial score (nSPS) is 11.7. The van der Waals surface area contributed by atoms with Gasteiger partial charge in [-0.1, -0.05) is 18.2 Å². The minimum Gasteiger partial charge on any atom is -0.274 e. The molecule has 64 valence electrons. The first kappa shape index (κ1) is 9.36. The lowest BCUT2D eigenvalue weighted by atomic mass is 10.4. The zero-order valence-corrected chi connectivity index (χ0v) is 7.88. The zero-order chi connectivity index (χ0) is 9.03. The van der Waals surface area contributed by atoms with Gasteiger partial charge in [0.05, 0.1) is 4.90 Å². The van der Waals surface area contributed by atoms with Gasteiger partial charge in [-0.3, -0.25) is 4.57 Å². The van der Waals surface area contributed by atoms with Crippen LogP contribution in [-0.2, 0) is 14.4 Å². The van der Waals surface area contributed by atoms with E-state index in [2.05, 4.69) is 0 Å². The van der Waals surface area contributed by atoms with Gasteiger partial charge in [0.25, 0.3) is 0 Å². The molecule has 0 saturated carbocycles. The zero-order valence-electron chi connectivity index (χ0n) is 6.17. The number of hydrogen-bond donors (Lipinski definition) is 0. The number of rotatable bonds is 3. The number of hydrogen-bond acceptors (Lipinski definition) is 3. The van der Waals surface area contributed by atoms with Crippen molar-refractivity contribution in [3.63, 3.8) is 0 Å². The van der Waals surface area contributed by atoms with E-state index >= 15 is 0 Å². The molecule has 0 amide bonds. The fraction of sp³-hybridized carbons (Fsp3) is 0.143. The lowest BCUT2D eigenvalue weighted by molar-refractivity contribution is 0.592. The highest BCUT2D eigenvalue weighted by Gasteiger charge is 2.12. The third-order valence-corrected chi connectivity index (χ3v) is 4.10. The van der Waals surface area contributed by atoms with Crippen LogP contribution >= 0.6 is 8.46 Å². The Kier molecular flexibility index (Phi) is 2.95. The SMILES string of the molecule is O=PCS(=O)(=O)c1ccccc1. The van der Waals surface area contributed by atoms with E-state index in [1.807, 2.05) is 0 Å². The van der Waals surface area contributed by atoms with Crippen molar-refractivity contribution in [2.75, 3.05) is 5.49 Å². The minimum atomic E-state index is -3.34. The smallest absolute Gasteiger partial charge is 0.189 e. The molecule has 0 bridgehead atoms. The molecule has 0 heterocycles. The molecule has 3 nitrogen and oxygen atoms in total. The standard InChI is InChI=1S/C7H7O3PS/c8-11-6-12(9,10)7-4-2-1-3-5-7/h1-5H,6H2. The predicted molar refractivity (Wildman–Crippen MR) is 46.1 cm³/mol. The van der Waals surface area contributed by atoms with Crippen LogP contribution < -0.4 is 0 Å². The molecule has 0 fully saturated rings. The average molecular weight is 202 g/mol. The second-order valence-corrected chi connectivity index (χ2v) is 5.18. The second kappa shape index (κ2) is 3.78. The molecule has 1 aromatic rings. The average Bonchev–Trinajstić information content (AvgIpc) is 2.06. The molecule has 0 aliphatic rings. The molecule has 0 aliphatic heterocycles. The highest BCUT2D eigenvalue weighted by Crippen LogP contribution is 2.13. The van der Waals surface area contributed by atoms with E-state index in [0.717, 1.165) is 0 Å². The van der Waals surface area contributed by atoms with Crippen LogP contribution in [0.3, 0.4) is 0 Å². The van der Waals surface area contributed by atoms with Gasteiger partial charge < -0.3 is 0 Å². The van der Waals surface area contributed by atoms with Crippen molar-refractivity contribution in [3.8, 4) is 0 Å². The summed E-state index contributed by atoms with van der Waals surface area (Å²) in [5.41, 5.74) is -0.350. The van der Waals surface area contributed by atoms with Crippen LogP contribution in [0.2, 0.25) is 0 Å². The summed E-state index contributed by atoms with van der Waals surface area (Å²) in [7, 11) is -3.70. The Balaban J connectivity index is 3.07. The highest BCUT2D eigenvalue weighted by atomic mass is 32.2. The summed E-state index contributed by atoms with van der Waals surface area (Å²) in [6.07, 6.45) is 0. The summed E-state index contributed by atoms with van der Waals surface area (Å²) in [6, 6.07) is 7.97. The van der Waals surface area contributed by atoms with E-state index in [1.54, 1.807) is 18.2 Å².